The third-order valence-corrected chi connectivity index (χ3v) is 3.51. The van der Waals surface area contributed by atoms with E-state index in [9.17, 15) is 0 Å². The van der Waals surface area contributed by atoms with E-state index in [0.29, 0.717) is 6.04 Å². The molecule has 2 nitrogen and oxygen atoms in total. The first kappa shape index (κ1) is 13.0. The molecule has 0 spiro atoms. The van der Waals surface area contributed by atoms with Crippen molar-refractivity contribution in [2.24, 2.45) is 11.8 Å². The smallest absolute Gasteiger partial charge is 0.0192 e. The highest BCUT2D eigenvalue weighted by molar-refractivity contribution is 4.79. The van der Waals surface area contributed by atoms with Gasteiger partial charge < -0.3 is 5.32 Å². The molecule has 0 amide bonds. The molecule has 2 atom stereocenters. The number of nitrogens with one attached hydrogen (secondary N) is 1. The molecule has 1 rings (SSSR count). The zero-order valence-corrected chi connectivity index (χ0v) is 10.9. The van der Waals surface area contributed by atoms with E-state index in [1.807, 2.05) is 0 Å². The lowest BCUT2D eigenvalue weighted by atomic mass is 10.1. The van der Waals surface area contributed by atoms with Crippen molar-refractivity contribution in [1.29, 1.82) is 0 Å². The fraction of sp³-hybridized carbons (Fsp3) is 1.00. The first-order valence-corrected chi connectivity index (χ1v) is 6.58. The zero-order chi connectivity index (χ0) is 11.3. The maximum absolute atomic E-state index is 3.55. The molecule has 1 aliphatic rings. The zero-order valence-electron chi connectivity index (χ0n) is 10.9. The Morgan fingerprint density at radius 1 is 1.27 bits per heavy atom. The summed E-state index contributed by atoms with van der Waals surface area (Å²) in [6.07, 6.45) is 2.76. The van der Waals surface area contributed by atoms with Gasteiger partial charge in [0.25, 0.3) is 0 Å². The standard InChI is InChI=1S/C13H28N2/c1-5-13-6-7-15(10-13)12(4)9-14-8-11(2)3/h11-14H,5-10H2,1-4H3. The van der Waals surface area contributed by atoms with Crippen molar-refractivity contribution in [1.82, 2.24) is 10.2 Å². The van der Waals surface area contributed by atoms with Crippen molar-refractivity contribution in [3.05, 3.63) is 0 Å². The molecule has 0 saturated carbocycles. The average Bonchev–Trinajstić information content (AvgIpc) is 2.65. The summed E-state index contributed by atoms with van der Waals surface area (Å²) in [5, 5.41) is 3.55. The maximum atomic E-state index is 3.55. The summed E-state index contributed by atoms with van der Waals surface area (Å²) in [6.45, 7) is 14.1. The van der Waals surface area contributed by atoms with Crippen LogP contribution in [-0.2, 0) is 0 Å². The minimum Gasteiger partial charge on any atom is -0.315 e. The van der Waals surface area contributed by atoms with Gasteiger partial charge in [-0.3, -0.25) is 4.90 Å². The molecular weight excluding hydrogens is 184 g/mol. The summed E-state index contributed by atoms with van der Waals surface area (Å²) < 4.78 is 0. The lowest BCUT2D eigenvalue weighted by molar-refractivity contribution is 0.240. The second-order valence-corrected chi connectivity index (χ2v) is 5.46. The highest BCUT2D eigenvalue weighted by Gasteiger charge is 2.24. The van der Waals surface area contributed by atoms with Gasteiger partial charge in [-0.2, -0.15) is 0 Å². The Morgan fingerprint density at radius 2 is 2.00 bits per heavy atom. The van der Waals surface area contributed by atoms with Crippen molar-refractivity contribution in [2.75, 3.05) is 26.2 Å². The fourth-order valence-electron chi connectivity index (χ4n) is 2.31. The third-order valence-electron chi connectivity index (χ3n) is 3.51. The maximum Gasteiger partial charge on any atom is 0.0192 e. The van der Waals surface area contributed by atoms with Crippen LogP contribution in [0.25, 0.3) is 0 Å². The normalized spacial score (nSPS) is 25.0. The minimum atomic E-state index is 0.709. The van der Waals surface area contributed by atoms with Crippen molar-refractivity contribution in [3.8, 4) is 0 Å². The summed E-state index contributed by atoms with van der Waals surface area (Å²) in [7, 11) is 0. The number of nitrogens with zero attached hydrogens (tertiary/aromatic N) is 1. The van der Waals surface area contributed by atoms with E-state index in [2.05, 4.69) is 37.9 Å². The minimum absolute atomic E-state index is 0.709. The lowest BCUT2D eigenvalue weighted by Gasteiger charge is -2.25. The summed E-state index contributed by atoms with van der Waals surface area (Å²) in [5.74, 6) is 1.72. The number of rotatable bonds is 6. The van der Waals surface area contributed by atoms with Crippen LogP contribution in [0, 0.1) is 11.8 Å². The van der Waals surface area contributed by atoms with Crippen LogP contribution >= 0.6 is 0 Å². The van der Waals surface area contributed by atoms with Gasteiger partial charge in [-0.25, -0.2) is 0 Å². The molecule has 1 saturated heterocycles. The van der Waals surface area contributed by atoms with E-state index in [-0.39, 0.29) is 0 Å². The van der Waals surface area contributed by atoms with E-state index in [1.165, 1.54) is 25.9 Å². The van der Waals surface area contributed by atoms with Gasteiger partial charge in [-0.05, 0) is 38.3 Å². The SMILES string of the molecule is CCC1CCN(C(C)CNCC(C)C)C1. The molecular formula is C13H28N2. The van der Waals surface area contributed by atoms with E-state index < -0.39 is 0 Å². The Hall–Kier alpha value is -0.0800. The molecule has 2 unspecified atom stereocenters. The highest BCUT2D eigenvalue weighted by Crippen LogP contribution is 2.20. The van der Waals surface area contributed by atoms with Crippen molar-refractivity contribution >= 4 is 0 Å². The van der Waals surface area contributed by atoms with Crippen molar-refractivity contribution < 1.29 is 0 Å². The molecule has 1 N–H and O–H groups in total. The van der Waals surface area contributed by atoms with Gasteiger partial charge in [0.1, 0.15) is 0 Å². The Kier molecular flexibility index (Phi) is 5.62. The number of likely N-dealkylation sites (tertiary alicyclic amines) is 1. The van der Waals surface area contributed by atoms with Crippen LogP contribution in [0.1, 0.15) is 40.5 Å². The second kappa shape index (κ2) is 6.49. The van der Waals surface area contributed by atoms with Crippen LogP contribution in [-0.4, -0.2) is 37.1 Å². The van der Waals surface area contributed by atoms with Crippen molar-refractivity contribution in [2.45, 2.75) is 46.6 Å². The van der Waals surface area contributed by atoms with Crippen LogP contribution in [0.3, 0.4) is 0 Å². The van der Waals surface area contributed by atoms with Gasteiger partial charge in [0.05, 0.1) is 0 Å². The van der Waals surface area contributed by atoms with Crippen molar-refractivity contribution in [3.63, 3.8) is 0 Å². The molecule has 2 heteroatoms. The van der Waals surface area contributed by atoms with Gasteiger partial charge in [-0.1, -0.05) is 27.2 Å². The highest BCUT2D eigenvalue weighted by atomic mass is 15.2. The number of hydrogen-bond acceptors (Lipinski definition) is 2. The Balaban J connectivity index is 2.14. The predicted molar refractivity (Wildman–Crippen MR) is 67.1 cm³/mol. The van der Waals surface area contributed by atoms with Gasteiger partial charge in [0.15, 0.2) is 0 Å². The Bertz CT molecular complexity index is 168. The Morgan fingerprint density at radius 3 is 2.53 bits per heavy atom. The molecule has 1 fully saturated rings. The molecule has 0 aromatic rings. The summed E-state index contributed by atoms with van der Waals surface area (Å²) >= 11 is 0. The van der Waals surface area contributed by atoms with E-state index in [0.717, 1.165) is 24.9 Å². The molecule has 0 bridgehead atoms. The summed E-state index contributed by atoms with van der Waals surface area (Å²) in [6, 6.07) is 0.709. The van der Waals surface area contributed by atoms with Crippen LogP contribution in [0.2, 0.25) is 0 Å². The summed E-state index contributed by atoms with van der Waals surface area (Å²) in [5.41, 5.74) is 0. The largest absolute Gasteiger partial charge is 0.315 e. The second-order valence-electron chi connectivity index (χ2n) is 5.46. The number of hydrogen-bond donors (Lipinski definition) is 1. The third kappa shape index (κ3) is 4.52. The van der Waals surface area contributed by atoms with Crippen LogP contribution in [0.15, 0.2) is 0 Å². The van der Waals surface area contributed by atoms with Crippen LogP contribution < -0.4 is 5.32 Å². The molecule has 1 heterocycles. The molecule has 15 heavy (non-hydrogen) atoms. The molecule has 0 aliphatic carbocycles. The Labute approximate surface area is 95.4 Å². The molecule has 1 aliphatic heterocycles. The molecule has 0 radical (unpaired) electrons. The fourth-order valence-corrected chi connectivity index (χ4v) is 2.31. The quantitative estimate of drug-likeness (QED) is 0.727. The van der Waals surface area contributed by atoms with Gasteiger partial charge in [-0.15, -0.1) is 0 Å². The first-order chi connectivity index (χ1) is 7.13. The van der Waals surface area contributed by atoms with E-state index in [4.69, 9.17) is 0 Å². The van der Waals surface area contributed by atoms with Gasteiger partial charge >= 0.3 is 0 Å². The topological polar surface area (TPSA) is 15.3 Å². The molecule has 0 aromatic heterocycles. The average molecular weight is 212 g/mol. The lowest BCUT2D eigenvalue weighted by Crippen LogP contribution is -2.40. The molecule has 90 valence electrons. The van der Waals surface area contributed by atoms with E-state index >= 15 is 0 Å². The predicted octanol–water partition coefficient (Wildman–Crippen LogP) is 2.35. The van der Waals surface area contributed by atoms with Gasteiger partial charge in [0, 0.05) is 19.1 Å². The first-order valence-electron chi connectivity index (χ1n) is 6.58. The van der Waals surface area contributed by atoms with Gasteiger partial charge in [0.2, 0.25) is 0 Å². The monoisotopic (exact) mass is 212 g/mol. The molecule has 0 aromatic carbocycles. The van der Waals surface area contributed by atoms with Crippen LogP contribution in [0.5, 0.6) is 0 Å². The van der Waals surface area contributed by atoms with E-state index in [1.54, 1.807) is 0 Å². The van der Waals surface area contributed by atoms with Crippen LogP contribution in [0.4, 0.5) is 0 Å². The summed E-state index contributed by atoms with van der Waals surface area (Å²) in [4.78, 5) is 2.64.